The van der Waals surface area contributed by atoms with Gasteiger partial charge in [0.1, 0.15) is 0 Å². The number of hydrogen-bond donors (Lipinski definition) is 2. The molecular formula is C16H21N5O. The van der Waals surface area contributed by atoms with Gasteiger partial charge in [-0.05, 0) is 32.8 Å². The largest absolute Gasteiger partial charge is 0.347 e. The Labute approximate surface area is 129 Å². The topological polar surface area (TPSA) is 71.8 Å². The van der Waals surface area contributed by atoms with Gasteiger partial charge in [0.05, 0.1) is 23.2 Å². The first kappa shape index (κ1) is 13.7. The van der Waals surface area contributed by atoms with Gasteiger partial charge in [-0.15, -0.1) is 0 Å². The summed E-state index contributed by atoms with van der Waals surface area (Å²) >= 11 is 0. The smallest absolute Gasteiger partial charge is 0.252 e. The normalized spacial score (nSPS) is 18.7. The van der Waals surface area contributed by atoms with Crippen LogP contribution in [0, 0.1) is 0 Å². The molecular weight excluding hydrogens is 278 g/mol. The SMILES string of the molecule is CC(C)n1ncc2c(C(=O)NC3CNC3)cc(C3CC3)nc21. The Morgan fingerprint density at radius 2 is 2.18 bits per heavy atom. The highest BCUT2D eigenvalue weighted by Gasteiger charge is 2.29. The van der Waals surface area contributed by atoms with Gasteiger partial charge in [0.15, 0.2) is 5.65 Å². The number of nitrogens with one attached hydrogen (secondary N) is 2. The number of fused-ring (bicyclic) bond motifs is 1. The van der Waals surface area contributed by atoms with Crippen LogP contribution in [0.15, 0.2) is 12.3 Å². The molecule has 1 aliphatic carbocycles. The Morgan fingerprint density at radius 3 is 2.77 bits per heavy atom. The van der Waals surface area contributed by atoms with Gasteiger partial charge in [0, 0.05) is 30.7 Å². The average molecular weight is 299 g/mol. The summed E-state index contributed by atoms with van der Waals surface area (Å²) in [5.41, 5.74) is 2.58. The third-order valence-corrected chi connectivity index (χ3v) is 4.43. The highest BCUT2D eigenvalue weighted by atomic mass is 16.1. The zero-order chi connectivity index (χ0) is 15.3. The van der Waals surface area contributed by atoms with Crippen molar-refractivity contribution < 1.29 is 4.79 Å². The predicted molar refractivity (Wildman–Crippen MR) is 84.0 cm³/mol. The molecule has 2 N–H and O–H groups in total. The van der Waals surface area contributed by atoms with Gasteiger partial charge < -0.3 is 10.6 Å². The molecule has 6 heteroatoms. The van der Waals surface area contributed by atoms with Gasteiger partial charge in [0.2, 0.25) is 0 Å². The Bertz CT molecular complexity index is 727. The minimum Gasteiger partial charge on any atom is -0.347 e. The molecule has 6 nitrogen and oxygen atoms in total. The van der Waals surface area contributed by atoms with Crippen LogP contribution in [-0.2, 0) is 0 Å². The zero-order valence-corrected chi connectivity index (χ0v) is 13.0. The molecule has 0 spiro atoms. The molecule has 2 aromatic heterocycles. The number of pyridine rings is 1. The molecule has 3 heterocycles. The van der Waals surface area contributed by atoms with Crippen molar-refractivity contribution in [3.63, 3.8) is 0 Å². The molecule has 2 fully saturated rings. The summed E-state index contributed by atoms with van der Waals surface area (Å²) in [6.45, 7) is 5.86. The van der Waals surface area contributed by atoms with Crippen LogP contribution in [0.3, 0.4) is 0 Å². The third kappa shape index (κ3) is 2.27. The Hall–Kier alpha value is -1.95. The van der Waals surface area contributed by atoms with Crippen molar-refractivity contribution in [2.45, 2.75) is 44.7 Å². The summed E-state index contributed by atoms with van der Waals surface area (Å²) < 4.78 is 1.91. The lowest BCUT2D eigenvalue weighted by Crippen LogP contribution is -2.56. The standard InChI is InChI=1S/C16H21N5O/c1-9(2)21-15-13(8-18-21)12(5-14(20-15)10-3-4-10)16(22)19-11-6-17-7-11/h5,8-11,17H,3-4,6-7H2,1-2H3,(H,19,22). The molecule has 2 aromatic rings. The minimum absolute atomic E-state index is 0.0101. The van der Waals surface area contributed by atoms with Crippen molar-refractivity contribution in [1.82, 2.24) is 25.4 Å². The van der Waals surface area contributed by atoms with E-state index in [1.165, 1.54) is 12.8 Å². The molecule has 2 aliphatic rings. The van der Waals surface area contributed by atoms with E-state index in [9.17, 15) is 4.79 Å². The zero-order valence-electron chi connectivity index (χ0n) is 13.0. The molecule has 0 unspecified atom stereocenters. The van der Waals surface area contributed by atoms with Crippen LogP contribution in [0.25, 0.3) is 11.0 Å². The summed E-state index contributed by atoms with van der Waals surface area (Å²) in [5, 5.41) is 11.5. The first-order valence-electron chi connectivity index (χ1n) is 8.03. The number of carbonyl (C=O) groups is 1. The van der Waals surface area contributed by atoms with E-state index < -0.39 is 0 Å². The van der Waals surface area contributed by atoms with Crippen LogP contribution >= 0.6 is 0 Å². The van der Waals surface area contributed by atoms with Gasteiger partial charge in [0.25, 0.3) is 5.91 Å². The van der Waals surface area contributed by atoms with Crippen molar-refractivity contribution in [2.75, 3.05) is 13.1 Å². The van der Waals surface area contributed by atoms with Crippen LogP contribution in [0.2, 0.25) is 0 Å². The Balaban J connectivity index is 1.79. The first-order chi connectivity index (χ1) is 10.6. The maximum Gasteiger partial charge on any atom is 0.252 e. The number of carbonyl (C=O) groups excluding carboxylic acids is 1. The van der Waals surface area contributed by atoms with E-state index in [1.54, 1.807) is 6.20 Å². The summed E-state index contributed by atoms with van der Waals surface area (Å²) in [6.07, 6.45) is 4.11. The Morgan fingerprint density at radius 1 is 1.41 bits per heavy atom. The van der Waals surface area contributed by atoms with Crippen molar-refractivity contribution in [3.8, 4) is 0 Å². The molecule has 1 amide bonds. The van der Waals surface area contributed by atoms with Crippen LogP contribution in [0.5, 0.6) is 0 Å². The van der Waals surface area contributed by atoms with Gasteiger partial charge >= 0.3 is 0 Å². The van der Waals surface area contributed by atoms with E-state index >= 15 is 0 Å². The number of nitrogens with zero attached hydrogens (tertiary/aromatic N) is 3. The number of aromatic nitrogens is 3. The number of rotatable bonds is 4. The monoisotopic (exact) mass is 299 g/mol. The number of hydrogen-bond acceptors (Lipinski definition) is 4. The number of amides is 1. The Kier molecular flexibility index (Phi) is 3.14. The summed E-state index contributed by atoms with van der Waals surface area (Å²) in [6, 6.07) is 2.43. The van der Waals surface area contributed by atoms with E-state index in [4.69, 9.17) is 4.98 Å². The molecule has 116 valence electrons. The summed E-state index contributed by atoms with van der Waals surface area (Å²) in [7, 11) is 0. The van der Waals surface area contributed by atoms with Gasteiger partial charge in [-0.3, -0.25) is 4.79 Å². The van der Waals surface area contributed by atoms with Crippen molar-refractivity contribution >= 4 is 16.9 Å². The molecule has 0 atom stereocenters. The third-order valence-electron chi connectivity index (χ3n) is 4.43. The van der Waals surface area contributed by atoms with Crippen LogP contribution in [0.4, 0.5) is 0 Å². The second kappa shape index (κ2) is 5.05. The van der Waals surface area contributed by atoms with Crippen molar-refractivity contribution in [3.05, 3.63) is 23.5 Å². The van der Waals surface area contributed by atoms with Crippen molar-refractivity contribution in [2.24, 2.45) is 0 Å². The fourth-order valence-corrected chi connectivity index (χ4v) is 2.85. The summed E-state index contributed by atoms with van der Waals surface area (Å²) in [4.78, 5) is 17.4. The lowest BCUT2D eigenvalue weighted by Gasteiger charge is -2.28. The first-order valence-corrected chi connectivity index (χ1v) is 8.03. The van der Waals surface area contributed by atoms with Gasteiger partial charge in [-0.25, -0.2) is 9.67 Å². The summed E-state index contributed by atoms with van der Waals surface area (Å²) in [5.74, 6) is 0.501. The fraction of sp³-hybridized carbons (Fsp3) is 0.562. The second-order valence-corrected chi connectivity index (χ2v) is 6.62. The quantitative estimate of drug-likeness (QED) is 0.899. The van der Waals surface area contributed by atoms with Gasteiger partial charge in [-0.1, -0.05) is 0 Å². The maximum atomic E-state index is 12.6. The van der Waals surface area contributed by atoms with Crippen LogP contribution in [-0.4, -0.2) is 39.8 Å². The highest BCUT2D eigenvalue weighted by Crippen LogP contribution is 2.40. The highest BCUT2D eigenvalue weighted by molar-refractivity contribution is 6.05. The molecule has 22 heavy (non-hydrogen) atoms. The molecule has 1 saturated carbocycles. The lowest BCUT2D eigenvalue weighted by atomic mass is 10.1. The maximum absolute atomic E-state index is 12.6. The van der Waals surface area contributed by atoms with E-state index in [0.29, 0.717) is 11.5 Å². The second-order valence-electron chi connectivity index (χ2n) is 6.62. The predicted octanol–water partition coefficient (Wildman–Crippen LogP) is 1.59. The van der Waals surface area contributed by atoms with E-state index in [1.807, 2.05) is 10.7 Å². The van der Waals surface area contributed by atoms with Gasteiger partial charge in [-0.2, -0.15) is 5.10 Å². The minimum atomic E-state index is -0.0101. The van der Waals surface area contributed by atoms with E-state index in [2.05, 4.69) is 29.6 Å². The lowest BCUT2D eigenvalue weighted by molar-refractivity contribution is 0.0925. The molecule has 4 rings (SSSR count). The average Bonchev–Trinajstić information content (AvgIpc) is 3.20. The van der Waals surface area contributed by atoms with E-state index in [-0.39, 0.29) is 18.0 Å². The molecule has 0 aromatic carbocycles. The van der Waals surface area contributed by atoms with Crippen LogP contribution in [0.1, 0.15) is 54.7 Å². The molecule has 0 radical (unpaired) electrons. The van der Waals surface area contributed by atoms with E-state index in [0.717, 1.165) is 29.8 Å². The van der Waals surface area contributed by atoms with Crippen LogP contribution < -0.4 is 10.6 Å². The van der Waals surface area contributed by atoms with Crippen molar-refractivity contribution in [1.29, 1.82) is 0 Å². The molecule has 1 saturated heterocycles. The molecule has 0 bridgehead atoms. The fourth-order valence-electron chi connectivity index (χ4n) is 2.85. The molecule has 1 aliphatic heterocycles.